The summed E-state index contributed by atoms with van der Waals surface area (Å²) in [6, 6.07) is 12.3. The standard InChI is InChI=1S/C35H38N2O3/c1-4-26-21-27(15-18-34(26)39-3)31-22-36-35-30(31)12-6-5-7-13-32(35)37-28-16-17-29(24(2)20-28)33(38)14-8-10-25-11-9-19-40-23-25/h5-6,8,12-18,20-22,25,37H,4,7,9-11,19,23H2,1-3H3/b6-5-,14-8+,30-12?,32-13-. The van der Waals surface area contributed by atoms with Crippen LogP contribution < -0.4 is 10.1 Å². The van der Waals surface area contributed by atoms with Crippen molar-refractivity contribution in [1.82, 2.24) is 0 Å². The number of hydrogen-bond acceptors (Lipinski definition) is 5. The molecule has 1 aliphatic carbocycles. The molecule has 0 amide bonds. The number of ketones is 1. The Hall–Kier alpha value is -3.96. The fourth-order valence-corrected chi connectivity index (χ4v) is 5.49. The third-order valence-corrected chi connectivity index (χ3v) is 7.72. The molecular formula is C35H38N2O3. The zero-order valence-electron chi connectivity index (χ0n) is 23.7. The maximum atomic E-state index is 12.9. The highest BCUT2D eigenvalue weighted by atomic mass is 16.5. The second kappa shape index (κ2) is 12.9. The van der Waals surface area contributed by atoms with Crippen molar-refractivity contribution < 1.29 is 14.3 Å². The Bertz CT molecular complexity index is 1450. The molecule has 2 heterocycles. The monoisotopic (exact) mass is 534 g/mol. The maximum absolute atomic E-state index is 12.9. The van der Waals surface area contributed by atoms with Crippen molar-refractivity contribution in [2.45, 2.75) is 46.0 Å². The summed E-state index contributed by atoms with van der Waals surface area (Å²) in [5.74, 6) is 1.47. The van der Waals surface area contributed by atoms with E-state index in [0.717, 1.165) is 89.6 Å². The van der Waals surface area contributed by atoms with Gasteiger partial charge in [0.2, 0.25) is 0 Å². The first-order valence-corrected chi connectivity index (χ1v) is 14.3. The predicted octanol–water partition coefficient (Wildman–Crippen LogP) is 7.80. The van der Waals surface area contributed by atoms with E-state index in [4.69, 9.17) is 14.5 Å². The number of aryl methyl sites for hydroxylation is 2. The summed E-state index contributed by atoms with van der Waals surface area (Å²) in [6.45, 7) is 5.78. The Labute approximate surface area is 237 Å². The number of benzene rings is 2. The summed E-state index contributed by atoms with van der Waals surface area (Å²) in [6.07, 6.45) is 19.1. The van der Waals surface area contributed by atoms with Crippen molar-refractivity contribution in [3.05, 3.63) is 113 Å². The highest BCUT2D eigenvalue weighted by molar-refractivity contribution is 6.25. The largest absolute Gasteiger partial charge is 0.496 e. The first-order chi connectivity index (χ1) is 19.6. The SMILES string of the molecule is CCc1cc(C2=CN=C3C2=C/C=C\C/C=C/3Nc2ccc(C(=O)/C=C/CC3CCCOC3)c(C)c2)ccc1OC. The third-order valence-electron chi connectivity index (χ3n) is 7.72. The summed E-state index contributed by atoms with van der Waals surface area (Å²) in [4.78, 5) is 17.8. The molecule has 2 aliphatic heterocycles. The minimum atomic E-state index is 0.0428. The van der Waals surface area contributed by atoms with Crippen LogP contribution in [0.3, 0.4) is 0 Å². The van der Waals surface area contributed by atoms with E-state index >= 15 is 0 Å². The summed E-state index contributed by atoms with van der Waals surface area (Å²) in [7, 11) is 1.71. The number of hydrogen-bond donors (Lipinski definition) is 1. The van der Waals surface area contributed by atoms with Gasteiger partial charge in [0.1, 0.15) is 5.75 Å². The molecule has 0 saturated carbocycles. The number of nitrogens with zero attached hydrogens (tertiary/aromatic N) is 1. The Kier molecular flexibility index (Phi) is 8.92. The molecule has 1 unspecified atom stereocenters. The van der Waals surface area contributed by atoms with Crippen molar-refractivity contribution >= 4 is 22.8 Å². The van der Waals surface area contributed by atoms with Gasteiger partial charge in [0.05, 0.1) is 18.5 Å². The van der Waals surface area contributed by atoms with Crippen LogP contribution in [-0.2, 0) is 11.2 Å². The fourth-order valence-electron chi connectivity index (χ4n) is 5.49. The van der Waals surface area contributed by atoms with Crippen LogP contribution >= 0.6 is 0 Å². The third kappa shape index (κ3) is 6.26. The summed E-state index contributed by atoms with van der Waals surface area (Å²) < 4.78 is 11.1. The quantitative estimate of drug-likeness (QED) is 0.263. The molecular weight excluding hydrogens is 496 g/mol. The zero-order chi connectivity index (χ0) is 27.9. The van der Waals surface area contributed by atoms with Crippen LogP contribution in [-0.4, -0.2) is 31.8 Å². The number of ether oxygens (including phenoxy) is 2. The molecule has 5 heteroatoms. The van der Waals surface area contributed by atoms with Crippen molar-refractivity contribution in [3.63, 3.8) is 0 Å². The van der Waals surface area contributed by atoms with Crippen LogP contribution in [0, 0.1) is 12.8 Å². The number of methoxy groups -OCH3 is 1. The summed E-state index contributed by atoms with van der Waals surface area (Å²) in [5, 5.41) is 3.59. The Morgan fingerprint density at radius 2 is 2.10 bits per heavy atom. The highest BCUT2D eigenvalue weighted by Crippen LogP contribution is 2.35. The lowest BCUT2D eigenvalue weighted by atomic mass is 9.92. The normalized spacial score (nSPS) is 20.8. The number of aliphatic imine (C=N–C) groups is 1. The van der Waals surface area contributed by atoms with Gasteiger partial charge in [0.15, 0.2) is 5.78 Å². The van der Waals surface area contributed by atoms with E-state index in [1.165, 1.54) is 12.0 Å². The minimum Gasteiger partial charge on any atom is -0.496 e. The fraction of sp³-hybridized carbons (Fsp3) is 0.314. The number of rotatable bonds is 9. The van der Waals surface area contributed by atoms with E-state index in [0.29, 0.717) is 5.92 Å². The molecule has 40 heavy (non-hydrogen) atoms. The first kappa shape index (κ1) is 27.6. The van der Waals surface area contributed by atoms with Gasteiger partial charge in [-0.05, 0) is 98.0 Å². The molecule has 206 valence electrons. The molecule has 0 spiro atoms. The van der Waals surface area contributed by atoms with Gasteiger partial charge in [-0.1, -0.05) is 43.4 Å². The molecule has 0 aromatic heterocycles. The average molecular weight is 535 g/mol. The predicted molar refractivity (Wildman–Crippen MR) is 164 cm³/mol. The van der Waals surface area contributed by atoms with Crippen LogP contribution in [0.4, 0.5) is 5.69 Å². The topological polar surface area (TPSA) is 59.9 Å². The Balaban J connectivity index is 1.30. The summed E-state index contributed by atoms with van der Waals surface area (Å²) in [5.41, 5.74) is 8.95. The van der Waals surface area contributed by atoms with Crippen LogP contribution in [0.2, 0.25) is 0 Å². The molecule has 5 rings (SSSR count). The van der Waals surface area contributed by atoms with E-state index in [1.54, 1.807) is 13.2 Å². The van der Waals surface area contributed by atoms with E-state index < -0.39 is 0 Å². The molecule has 0 radical (unpaired) electrons. The lowest BCUT2D eigenvalue weighted by Gasteiger charge is -2.20. The van der Waals surface area contributed by atoms with Gasteiger partial charge in [-0.15, -0.1) is 0 Å². The molecule has 5 nitrogen and oxygen atoms in total. The Morgan fingerprint density at radius 3 is 2.88 bits per heavy atom. The van der Waals surface area contributed by atoms with Crippen LogP contribution in [0.1, 0.15) is 59.7 Å². The molecule has 1 saturated heterocycles. The van der Waals surface area contributed by atoms with Gasteiger partial charge in [-0.2, -0.15) is 0 Å². The summed E-state index contributed by atoms with van der Waals surface area (Å²) >= 11 is 0. The number of carbonyl (C=O) groups is 1. The van der Waals surface area contributed by atoms with Gasteiger partial charge in [-0.3, -0.25) is 9.79 Å². The van der Waals surface area contributed by atoms with E-state index in [2.05, 4.69) is 48.7 Å². The van der Waals surface area contributed by atoms with Gasteiger partial charge >= 0.3 is 0 Å². The van der Waals surface area contributed by atoms with Crippen molar-refractivity contribution in [3.8, 4) is 5.75 Å². The smallest absolute Gasteiger partial charge is 0.185 e. The van der Waals surface area contributed by atoms with Crippen LogP contribution in [0.5, 0.6) is 5.75 Å². The Morgan fingerprint density at radius 1 is 1.20 bits per heavy atom. The highest BCUT2D eigenvalue weighted by Gasteiger charge is 2.23. The lowest BCUT2D eigenvalue weighted by molar-refractivity contribution is 0.0559. The molecule has 2 aromatic carbocycles. The van der Waals surface area contributed by atoms with Crippen LogP contribution in [0.15, 0.2) is 95.3 Å². The number of fused-ring (bicyclic) bond motifs is 1. The average Bonchev–Trinajstić information content (AvgIpc) is 3.38. The molecule has 0 bridgehead atoms. The minimum absolute atomic E-state index is 0.0428. The van der Waals surface area contributed by atoms with Crippen molar-refractivity contribution in [1.29, 1.82) is 0 Å². The molecule has 3 aliphatic rings. The van der Waals surface area contributed by atoms with E-state index in [1.807, 2.05) is 43.5 Å². The maximum Gasteiger partial charge on any atom is 0.185 e. The second-order valence-electron chi connectivity index (χ2n) is 10.5. The second-order valence-corrected chi connectivity index (χ2v) is 10.5. The lowest BCUT2D eigenvalue weighted by Crippen LogP contribution is -2.16. The zero-order valence-corrected chi connectivity index (χ0v) is 23.7. The van der Waals surface area contributed by atoms with Gasteiger partial charge < -0.3 is 14.8 Å². The van der Waals surface area contributed by atoms with Crippen molar-refractivity contribution in [2.24, 2.45) is 10.9 Å². The number of carbonyl (C=O) groups excluding carboxylic acids is 1. The number of nitrogens with one attached hydrogen (secondary N) is 1. The molecule has 1 atom stereocenters. The number of anilines is 1. The van der Waals surface area contributed by atoms with E-state index in [-0.39, 0.29) is 5.78 Å². The van der Waals surface area contributed by atoms with Gasteiger partial charge in [-0.25, -0.2) is 0 Å². The van der Waals surface area contributed by atoms with Crippen molar-refractivity contribution in [2.75, 3.05) is 25.6 Å². The molecule has 1 N–H and O–H groups in total. The van der Waals surface area contributed by atoms with Gasteiger partial charge in [0, 0.05) is 41.8 Å². The van der Waals surface area contributed by atoms with Gasteiger partial charge in [0.25, 0.3) is 0 Å². The van der Waals surface area contributed by atoms with E-state index in [9.17, 15) is 4.79 Å². The molecule has 2 aromatic rings. The first-order valence-electron chi connectivity index (χ1n) is 14.3. The van der Waals surface area contributed by atoms with Crippen LogP contribution in [0.25, 0.3) is 5.57 Å². The molecule has 1 fully saturated rings. The number of allylic oxidation sites excluding steroid dienone is 8.